The lowest BCUT2D eigenvalue weighted by atomic mass is 9.86. The second-order valence-electron chi connectivity index (χ2n) is 6.13. The molecule has 1 saturated carbocycles. The molecule has 1 aliphatic heterocycles. The van der Waals surface area contributed by atoms with Gasteiger partial charge in [-0.3, -0.25) is 19.8 Å². The fraction of sp³-hybridized carbons (Fsp3) is 0.786. The first-order chi connectivity index (χ1) is 10.7. The number of carbonyl (C=O) groups excluding carboxylic acids is 3. The molecule has 4 amide bonds. The molecule has 0 bridgehead atoms. The first-order valence-corrected chi connectivity index (χ1v) is 7.65. The van der Waals surface area contributed by atoms with Crippen molar-refractivity contribution >= 4 is 17.8 Å². The molecule has 0 spiro atoms. The summed E-state index contributed by atoms with van der Waals surface area (Å²) in [7, 11) is 0.930. The standard InChI is InChI=1S/C14H20F3N3O3/c1-20-11(22)13(14(15,16)17,19-12(20)23)18-10(21)8-7-9-5-3-2-4-6-9/h9H,2-8H2,1H3,(H,18,21)(H,19,23)/t13-/m0/s1. The summed E-state index contributed by atoms with van der Waals surface area (Å²) in [5.41, 5.74) is -3.36. The van der Waals surface area contributed by atoms with Crippen LogP contribution in [0.5, 0.6) is 0 Å². The fourth-order valence-electron chi connectivity index (χ4n) is 3.07. The highest BCUT2D eigenvalue weighted by molar-refractivity contribution is 6.08. The predicted octanol–water partition coefficient (Wildman–Crippen LogP) is 1.90. The molecule has 9 heteroatoms. The highest BCUT2D eigenvalue weighted by atomic mass is 19.4. The molecule has 2 N–H and O–H groups in total. The second-order valence-corrected chi connectivity index (χ2v) is 6.13. The van der Waals surface area contributed by atoms with E-state index in [0.29, 0.717) is 17.2 Å². The third-order valence-corrected chi connectivity index (χ3v) is 4.48. The van der Waals surface area contributed by atoms with Crippen molar-refractivity contribution in [2.45, 2.75) is 56.8 Å². The van der Waals surface area contributed by atoms with E-state index in [1.165, 1.54) is 0 Å². The monoisotopic (exact) mass is 335 g/mol. The second kappa shape index (κ2) is 6.37. The van der Waals surface area contributed by atoms with Gasteiger partial charge in [-0.05, 0) is 12.3 Å². The van der Waals surface area contributed by atoms with Crippen LogP contribution in [0.25, 0.3) is 0 Å². The molecular formula is C14H20F3N3O3. The van der Waals surface area contributed by atoms with Gasteiger partial charge in [0.2, 0.25) is 5.91 Å². The highest BCUT2D eigenvalue weighted by Gasteiger charge is 2.68. The van der Waals surface area contributed by atoms with E-state index in [1.807, 2.05) is 0 Å². The summed E-state index contributed by atoms with van der Waals surface area (Å²) in [6.45, 7) is 0. The van der Waals surface area contributed by atoms with E-state index in [2.05, 4.69) is 0 Å². The van der Waals surface area contributed by atoms with Gasteiger partial charge in [0.25, 0.3) is 11.6 Å². The van der Waals surface area contributed by atoms with Crippen LogP contribution in [0.2, 0.25) is 0 Å². The molecule has 2 fully saturated rings. The van der Waals surface area contributed by atoms with E-state index in [-0.39, 0.29) is 6.42 Å². The maximum atomic E-state index is 13.3. The van der Waals surface area contributed by atoms with Crippen molar-refractivity contribution < 1.29 is 27.6 Å². The maximum absolute atomic E-state index is 13.3. The van der Waals surface area contributed by atoms with Gasteiger partial charge in [-0.25, -0.2) is 4.79 Å². The molecule has 1 atom stereocenters. The van der Waals surface area contributed by atoms with E-state index in [9.17, 15) is 27.6 Å². The van der Waals surface area contributed by atoms with Crippen LogP contribution in [0.3, 0.4) is 0 Å². The number of halogens is 3. The van der Waals surface area contributed by atoms with Crippen molar-refractivity contribution in [2.24, 2.45) is 5.92 Å². The molecule has 0 aromatic heterocycles. The first-order valence-electron chi connectivity index (χ1n) is 7.65. The van der Waals surface area contributed by atoms with Gasteiger partial charge < -0.3 is 5.32 Å². The summed E-state index contributed by atoms with van der Waals surface area (Å²) in [4.78, 5) is 35.4. The van der Waals surface area contributed by atoms with Crippen molar-refractivity contribution in [2.75, 3.05) is 7.05 Å². The summed E-state index contributed by atoms with van der Waals surface area (Å²) in [6.07, 6.45) is 0.479. The van der Waals surface area contributed by atoms with Crippen molar-refractivity contribution in [1.29, 1.82) is 0 Å². The van der Waals surface area contributed by atoms with Gasteiger partial charge in [-0.15, -0.1) is 0 Å². The molecule has 0 aromatic carbocycles. The number of alkyl halides is 3. The Kier molecular flexibility index (Phi) is 4.86. The van der Waals surface area contributed by atoms with Crippen molar-refractivity contribution in [3.63, 3.8) is 0 Å². The van der Waals surface area contributed by atoms with Gasteiger partial charge in [0.15, 0.2) is 0 Å². The summed E-state index contributed by atoms with van der Waals surface area (Å²) < 4.78 is 39.9. The SMILES string of the molecule is CN1C(=O)N[C@](NC(=O)CCC2CCCCC2)(C(F)(F)F)C1=O. The Labute approximate surface area is 131 Å². The van der Waals surface area contributed by atoms with Crippen molar-refractivity contribution in [1.82, 2.24) is 15.5 Å². The van der Waals surface area contributed by atoms with Gasteiger partial charge in [-0.1, -0.05) is 32.1 Å². The Hall–Kier alpha value is -1.80. The topological polar surface area (TPSA) is 78.5 Å². The third-order valence-electron chi connectivity index (χ3n) is 4.48. The molecule has 1 aliphatic carbocycles. The number of urea groups is 1. The fourth-order valence-corrected chi connectivity index (χ4v) is 3.07. The Morgan fingerprint density at radius 1 is 1.30 bits per heavy atom. The zero-order chi connectivity index (χ0) is 17.3. The van der Waals surface area contributed by atoms with Gasteiger partial charge >= 0.3 is 12.2 Å². The number of rotatable bonds is 4. The molecule has 0 radical (unpaired) electrons. The number of nitrogens with one attached hydrogen (secondary N) is 2. The summed E-state index contributed by atoms with van der Waals surface area (Å²) in [5.74, 6) is -2.09. The molecule has 2 aliphatic rings. The lowest BCUT2D eigenvalue weighted by molar-refractivity contribution is -0.204. The van der Waals surface area contributed by atoms with Gasteiger partial charge in [0.05, 0.1) is 0 Å². The number of amides is 4. The summed E-state index contributed by atoms with van der Waals surface area (Å²) >= 11 is 0. The molecular weight excluding hydrogens is 315 g/mol. The molecule has 1 heterocycles. The molecule has 0 unspecified atom stereocenters. The van der Waals surface area contributed by atoms with E-state index in [0.717, 1.165) is 39.2 Å². The average molecular weight is 335 g/mol. The summed E-state index contributed by atoms with van der Waals surface area (Å²) in [6, 6.07) is -1.19. The number of hydrogen-bond acceptors (Lipinski definition) is 3. The predicted molar refractivity (Wildman–Crippen MR) is 74.0 cm³/mol. The average Bonchev–Trinajstić information content (AvgIpc) is 2.71. The number of imide groups is 1. The molecule has 23 heavy (non-hydrogen) atoms. The van der Waals surface area contributed by atoms with E-state index in [4.69, 9.17) is 0 Å². The number of carbonyl (C=O) groups is 3. The Bertz CT molecular complexity index is 503. The molecule has 6 nitrogen and oxygen atoms in total. The Morgan fingerprint density at radius 2 is 1.91 bits per heavy atom. The smallest absolute Gasteiger partial charge is 0.318 e. The first kappa shape index (κ1) is 17.6. The van der Waals surface area contributed by atoms with Crippen molar-refractivity contribution in [3.8, 4) is 0 Å². The van der Waals surface area contributed by atoms with Gasteiger partial charge in [-0.2, -0.15) is 13.2 Å². The van der Waals surface area contributed by atoms with Gasteiger partial charge in [0.1, 0.15) is 0 Å². The third kappa shape index (κ3) is 3.42. The van der Waals surface area contributed by atoms with Gasteiger partial charge in [0, 0.05) is 13.5 Å². The maximum Gasteiger partial charge on any atom is 0.440 e. The Balaban J connectivity index is 2.02. The van der Waals surface area contributed by atoms with Crippen LogP contribution in [0, 0.1) is 5.92 Å². The lowest BCUT2D eigenvalue weighted by Crippen LogP contribution is -2.69. The van der Waals surface area contributed by atoms with Crippen LogP contribution in [0.4, 0.5) is 18.0 Å². The lowest BCUT2D eigenvalue weighted by Gasteiger charge is -2.30. The number of likely N-dealkylation sites (N-methyl/N-ethyl adjacent to an activating group) is 1. The van der Waals surface area contributed by atoms with Crippen LogP contribution in [0.15, 0.2) is 0 Å². The van der Waals surface area contributed by atoms with Crippen molar-refractivity contribution in [3.05, 3.63) is 0 Å². The van der Waals surface area contributed by atoms with Crippen LogP contribution in [-0.4, -0.2) is 41.6 Å². The zero-order valence-corrected chi connectivity index (χ0v) is 12.8. The number of hydrogen-bond donors (Lipinski definition) is 2. The molecule has 1 saturated heterocycles. The van der Waals surface area contributed by atoms with Crippen LogP contribution in [0.1, 0.15) is 44.9 Å². The van der Waals surface area contributed by atoms with E-state index < -0.39 is 29.7 Å². The minimum atomic E-state index is -5.12. The quantitative estimate of drug-likeness (QED) is 0.770. The van der Waals surface area contributed by atoms with Crippen LogP contribution in [-0.2, 0) is 9.59 Å². The largest absolute Gasteiger partial charge is 0.440 e. The number of nitrogens with zero attached hydrogens (tertiary/aromatic N) is 1. The van der Waals surface area contributed by atoms with Crippen LogP contribution < -0.4 is 10.6 Å². The van der Waals surface area contributed by atoms with E-state index in [1.54, 1.807) is 10.6 Å². The molecule has 2 rings (SSSR count). The van der Waals surface area contributed by atoms with Crippen LogP contribution >= 0.6 is 0 Å². The minimum absolute atomic E-state index is 0.102. The normalized spacial score (nSPS) is 26.3. The summed E-state index contributed by atoms with van der Waals surface area (Å²) in [5, 5.41) is 3.25. The highest BCUT2D eigenvalue weighted by Crippen LogP contribution is 2.33. The molecule has 130 valence electrons. The minimum Gasteiger partial charge on any atom is -0.318 e. The zero-order valence-electron chi connectivity index (χ0n) is 12.8. The van der Waals surface area contributed by atoms with E-state index >= 15 is 0 Å². The Morgan fingerprint density at radius 3 is 2.39 bits per heavy atom. The molecule has 0 aromatic rings.